The lowest BCUT2D eigenvalue weighted by Gasteiger charge is -2.18. The molecule has 0 radical (unpaired) electrons. The monoisotopic (exact) mass is 378 g/mol. The van der Waals surface area contributed by atoms with Crippen LogP contribution in [0, 0.1) is 5.82 Å². The molecule has 1 aliphatic heterocycles. The highest BCUT2D eigenvalue weighted by atomic mass is 19.1. The van der Waals surface area contributed by atoms with E-state index in [0.29, 0.717) is 52.7 Å². The number of nitrogen functional groups attached to an aromatic ring is 1. The number of nitrogens with zero attached hydrogens (tertiary/aromatic N) is 1. The maximum Gasteiger partial charge on any atom is 0.254 e. The van der Waals surface area contributed by atoms with E-state index in [2.05, 4.69) is 0 Å². The smallest absolute Gasteiger partial charge is 0.254 e. The molecule has 4 rings (SSSR count). The number of halogens is 1. The zero-order chi connectivity index (χ0) is 19.7. The van der Waals surface area contributed by atoms with Gasteiger partial charge < -0.3 is 19.8 Å². The average molecular weight is 378 g/mol. The first-order valence-electron chi connectivity index (χ1n) is 8.88. The summed E-state index contributed by atoms with van der Waals surface area (Å²) < 4.78 is 27.2. The fourth-order valence-corrected chi connectivity index (χ4v) is 3.09. The Morgan fingerprint density at radius 3 is 2.71 bits per heavy atom. The summed E-state index contributed by atoms with van der Waals surface area (Å²) in [6, 6.07) is 11.1. The van der Waals surface area contributed by atoms with Gasteiger partial charge in [0.05, 0.1) is 6.61 Å². The Kier molecular flexibility index (Phi) is 4.61. The van der Waals surface area contributed by atoms with Crippen LogP contribution in [-0.4, -0.2) is 11.2 Å². The SMILES string of the molecule is Cn1cc2c(cc1=O)OCC/C=C/c1cc(F)ccc1Oc1ccc(N)cc1-2. The van der Waals surface area contributed by atoms with Crippen LogP contribution >= 0.6 is 0 Å². The molecular formula is C22H19FN2O3. The zero-order valence-corrected chi connectivity index (χ0v) is 15.3. The summed E-state index contributed by atoms with van der Waals surface area (Å²) in [5.74, 6) is 1.18. The number of nitrogens with two attached hydrogens (primary N) is 1. The number of aryl methyl sites for hydroxylation is 1. The lowest BCUT2D eigenvalue weighted by atomic mass is 10.0. The summed E-state index contributed by atoms with van der Waals surface area (Å²) >= 11 is 0. The molecule has 5 nitrogen and oxygen atoms in total. The Morgan fingerprint density at radius 1 is 1.04 bits per heavy atom. The van der Waals surface area contributed by atoms with E-state index in [9.17, 15) is 9.18 Å². The van der Waals surface area contributed by atoms with Crippen LogP contribution in [0.4, 0.5) is 10.1 Å². The van der Waals surface area contributed by atoms with Crippen LogP contribution in [-0.2, 0) is 7.05 Å². The van der Waals surface area contributed by atoms with Crippen molar-refractivity contribution < 1.29 is 13.9 Å². The first kappa shape index (κ1) is 17.9. The third-order valence-electron chi connectivity index (χ3n) is 4.52. The number of rotatable bonds is 0. The lowest BCUT2D eigenvalue weighted by molar-refractivity contribution is 0.325. The number of pyridine rings is 1. The zero-order valence-electron chi connectivity index (χ0n) is 15.3. The molecule has 0 bridgehead atoms. The second-order valence-electron chi connectivity index (χ2n) is 6.58. The fraction of sp³-hybridized carbons (Fsp3) is 0.136. The van der Waals surface area contributed by atoms with E-state index in [0.717, 1.165) is 0 Å². The minimum atomic E-state index is -0.340. The van der Waals surface area contributed by atoms with Crippen LogP contribution in [0.15, 0.2) is 59.5 Å². The Hall–Kier alpha value is -3.54. The van der Waals surface area contributed by atoms with Crippen molar-refractivity contribution in [1.82, 2.24) is 4.57 Å². The largest absolute Gasteiger partial charge is 0.492 e. The number of ether oxygens (including phenoxy) is 2. The van der Waals surface area contributed by atoms with Gasteiger partial charge in [0.1, 0.15) is 23.1 Å². The number of hydrogen-bond donors (Lipinski definition) is 1. The van der Waals surface area contributed by atoms with Gasteiger partial charge in [-0.15, -0.1) is 0 Å². The molecule has 0 unspecified atom stereocenters. The van der Waals surface area contributed by atoms with Crippen molar-refractivity contribution >= 4 is 11.8 Å². The second-order valence-corrected chi connectivity index (χ2v) is 6.58. The molecule has 0 fully saturated rings. The molecule has 0 saturated carbocycles. The lowest BCUT2D eigenvalue weighted by Crippen LogP contribution is -2.16. The van der Waals surface area contributed by atoms with Crippen LogP contribution in [0.25, 0.3) is 17.2 Å². The maximum absolute atomic E-state index is 13.7. The van der Waals surface area contributed by atoms with Gasteiger partial charge in [0.2, 0.25) is 0 Å². The van der Waals surface area contributed by atoms with Gasteiger partial charge in [-0.25, -0.2) is 4.39 Å². The molecule has 2 N–H and O–H groups in total. The Balaban J connectivity index is 1.95. The first-order valence-corrected chi connectivity index (χ1v) is 8.88. The molecule has 0 saturated heterocycles. The maximum atomic E-state index is 13.7. The highest BCUT2D eigenvalue weighted by Crippen LogP contribution is 2.40. The molecule has 2 heterocycles. The number of anilines is 1. The molecular weight excluding hydrogens is 359 g/mol. The number of aromatic nitrogens is 1. The molecule has 6 heteroatoms. The van der Waals surface area contributed by atoms with Gasteiger partial charge in [-0.05, 0) is 42.8 Å². The minimum Gasteiger partial charge on any atom is -0.492 e. The molecule has 0 atom stereocenters. The molecule has 0 aliphatic carbocycles. The van der Waals surface area contributed by atoms with E-state index in [-0.39, 0.29) is 11.4 Å². The summed E-state index contributed by atoms with van der Waals surface area (Å²) in [6.07, 6.45) is 5.97. The van der Waals surface area contributed by atoms with Gasteiger partial charge in [0.15, 0.2) is 0 Å². The van der Waals surface area contributed by atoms with E-state index in [4.69, 9.17) is 15.2 Å². The summed E-state index contributed by atoms with van der Waals surface area (Å²) in [6.45, 7) is 0.375. The van der Waals surface area contributed by atoms with Gasteiger partial charge >= 0.3 is 0 Å². The predicted molar refractivity (Wildman–Crippen MR) is 107 cm³/mol. The summed E-state index contributed by atoms with van der Waals surface area (Å²) in [5, 5.41) is 0. The van der Waals surface area contributed by atoms with Crippen molar-refractivity contribution in [2.24, 2.45) is 7.05 Å². The molecule has 2 aromatic carbocycles. The minimum absolute atomic E-state index is 0.173. The normalized spacial score (nSPS) is 14.2. The fourth-order valence-electron chi connectivity index (χ4n) is 3.09. The van der Waals surface area contributed by atoms with Crippen LogP contribution in [0.1, 0.15) is 12.0 Å². The van der Waals surface area contributed by atoms with Gasteiger partial charge in [-0.2, -0.15) is 0 Å². The molecule has 0 amide bonds. The van der Waals surface area contributed by atoms with E-state index >= 15 is 0 Å². The van der Waals surface area contributed by atoms with E-state index in [1.807, 2.05) is 6.08 Å². The van der Waals surface area contributed by atoms with Crippen LogP contribution < -0.4 is 20.8 Å². The Labute approximate surface area is 161 Å². The van der Waals surface area contributed by atoms with Crippen molar-refractivity contribution in [1.29, 1.82) is 0 Å². The molecule has 0 spiro atoms. The Bertz CT molecular complexity index is 1140. The summed E-state index contributed by atoms with van der Waals surface area (Å²) in [4.78, 5) is 12.1. The topological polar surface area (TPSA) is 66.5 Å². The van der Waals surface area contributed by atoms with Crippen LogP contribution in [0.5, 0.6) is 17.2 Å². The highest BCUT2D eigenvalue weighted by molar-refractivity contribution is 5.78. The van der Waals surface area contributed by atoms with Crippen LogP contribution in [0.2, 0.25) is 0 Å². The summed E-state index contributed by atoms with van der Waals surface area (Å²) in [7, 11) is 1.67. The quantitative estimate of drug-likeness (QED) is 0.590. The molecule has 1 aromatic heterocycles. The third kappa shape index (κ3) is 3.49. The van der Waals surface area contributed by atoms with Gasteiger partial charge in [-0.3, -0.25) is 4.79 Å². The van der Waals surface area contributed by atoms with E-state index in [1.54, 1.807) is 43.6 Å². The highest BCUT2D eigenvalue weighted by Gasteiger charge is 2.17. The molecule has 28 heavy (non-hydrogen) atoms. The standard InChI is InChI=1S/C22H19FN2O3/c1-25-13-18-17-11-16(24)6-8-20(17)28-19-7-5-15(23)10-14(19)4-2-3-9-27-21(18)12-22(25)26/h2,4-8,10-13H,3,9,24H2,1H3/b4-2+. The van der Waals surface area contributed by atoms with Crippen LogP contribution in [0.3, 0.4) is 0 Å². The van der Waals surface area contributed by atoms with Gasteiger partial charge in [-0.1, -0.05) is 12.2 Å². The first-order chi connectivity index (χ1) is 13.5. The van der Waals surface area contributed by atoms with Crippen molar-refractivity contribution in [2.45, 2.75) is 6.42 Å². The van der Waals surface area contributed by atoms with E-state index < -0.39 is 0 Å². The second kappa shape index (κ2) is 7.23. The van der Waals surface area contributed by atoms with Crippen molar-refractivity contribution in [3.63, 3.8) is 0 Å². The molecule has 3 aromatic rings. The number of hydrogen-bond acceptors (Lipinski definition) is 4. The third-order valence-corrected chi connectivity index (χ3v) is 4.52. The van der Waals surface area contributed by atoms with Gasteiger partial charge in [0, 0.05) is 41.7 Å². The average Bonchev–Trinajstić information content (AvgIpc) is 2.66. The molecule has 142 valence electrons. The van der Waals surface area contributed by atoms with Crippen molar-refractivity contribution in [3.05, 3.63) is 76.5 Å². The van der Waals surface area contributed by atoms with Crippen molar-refractivity contribution in [3.8, 4) is 28.4 Å². The Morgan fingerprint density at radius 2 is 1.86 bits per heavy atom. The predicted octanol–water partition coefficient (Wildman–Crippen LogP) is 4.36. The van der Waals surface area contributed by atoms with Gasteiger partial charge in [0.25, 0.3) is 5.56 Å². The number of fused-ring (bicyclic) bond motifs is 4. The summed E-state index contributed by atoms with van der Waals surface area (Å²) in [5.41, 5.74) is 8.40. The molecule has 1 aliphatic rings. The van der Waals surface area contributed by atoms with Crippen molar-refractivity contribution in [2.75, 3.05) is 12.3 Å². The van der Waals surface area contributed by atoms with E-state index in [1.165, 1.54) is 22.8 Å². The number of benzene rings is 2.